The van der Waals surface area contributed by atoms with Gasteiger partial charge < -0.3 is 19.3 Å². The van der Waals surface area contributed by atoms with Crippen LogP contribution in [0.3, 0.4) is 0 Å². The lowest BCUT2D eigenvalue weighted by Gasteiger charge is -2.36. The zero-order valence-electron chi connectivity index (χ0n) is 10.4. The molecule has 1 aromatic carbocycles. The zero-order chi connectivity index (χ0) is 12.5. The molecule has 4 nitrogen and oxygen atoms in total. The average Bonchev–Trinajstić information content (AvgIpc) is 2.84. The summed E-state index contributed by atoms with van der Waals surface area (Å²) in [5.74, 6) is -0.0514. The van der Waals surface area contributed by atoms with Crippen LogP contribution in [-0.2, 0) is 20.8 Å². The van der Waals surface area contributed by atoms with Crippen molar-refractivity contribution in [3.8, 4) is 0 Å². The van der Waals surface area contributed by atoms with Crippen molar-refractivity contribution in [2.75, 3.05) is 6.61 Å². The molecule has 0 unspecified atom stereocenters. The Morgan fingerprint density at radius 2 is 2.11 bits per heavy atom. The van der Waals surface area contributed by atoms with Crippen molar-refractivity contribution >= 4 is 0 Å². The van der Waals surface area contributed by atoms with Crippen LogP contribution in [0.1, 0.15) is 12.5 Å². The van der Waals surface area contributed by atoms with Crippen molar-refractivity contribution in [3.63, 3.8) is 0 Å². The highest BCUT2D eigenvalue weighted by molar-refractivity contribution is 5.13. The topological polar surface area (TPSA) is 47.9 Å². The highest BCUT2D eigenvalue weighted by Gasteiger charge is 2.48. The minimum atomic E-state index is -0.528. The third-order valence-corrected chi connectivity index (χ3v) is 3.69. The standard InChI is InChI=1S/C14H18O4/c1-9-12(15)13(11-8-17-14(9)18-11)16-7-10-5-3-2-4-6-10/h2-6,9,11-15H,7-8H2,1H3/t9-,11+,12+,13+,14+/m0/s1. The van der Waals surface area contributed by atoms with Gasteiger partial charge in [-0.15, -0.1) is 0 Å². The lowest BCUT2D eigenvalue weighted by atomic mass is 9.94. The summed E-state index contributed by atoms with van der Waals surface area (Å²) in [5, 5.41) is 10.2. The van der Waals surface area contributed by atoms with Gasteiger partial charge in [0.1, 0.15) is 12.2 Å². The molecular weight excluding hydrogens is 232 g/mol. The normalized spacial score (nSPS) is 38.9. The predicted octanol–water partition coefficient (Wildman–Crippen LogP) is 1.32. The van der Waals surface area contributed by atoms with Crippen molar-refractivity contribution in [3.05, 3.63) is 35.9 Å². The first-order valence-electron chi connectivity index (χ1n) is 6.36. The minimum absolute atomic E-state index is 0.0514. The molecule has 2 heterocycles. The Kier molecular flexibility index (Phi) is 3.35. The second kappa shape index (κ2) is 4.97. The van der Waals surface area contributed by atoms with E-state index in [1.54, 1.807) is 0 Å². The zero-order valence-corrected chi connectivity index (χ0v) is 10.4. The van der Waals surface area contributed by atoms with Gasteiger partial charge in [0.05, 0.1) is 19.3 Å². The fourth-order valence-corrected chi connectivity index (χ4v) is 2.54. The number of aliphatic hydroxyl groups excluding tert-OH is 1. The van der Waals surface area contributed by atoms with E-state index >= 15 is 0 Å². The van der Waals surface area contributed by atoms with Crippen LogP contribution in [0, 0.1) is 5.92 Å². The number of ether oxygens (including phenoxy) is 3. The number of benzene rings is 1. The fraction of sp³-hybridized carbons (Fsp3) is 0.571. The third kappa shape index (κ3) is 2.17. The molecule has 2 aliphatic rings. The van der Waals surface area contributed by atoms with Gasteiger partial charge in [0, 0.05) is 5.92 Å². The monoisotopic (exact) mass is 250 g/mol. The molecule has 0 aliphatic carbocycles. The van der Waals surface area contributed by atoms with E-state index in [4.69, 9.17) is 14.2 Å². The SMILES string of the molecule is C[C@@H]1[C@@H]2OC[C@@H](O2)[C@@H](OCc2ccccc2)[C@@H]1O. The van der Waals surface area contributed by atoms with Crippen LogP contribution in [0.2, 0.25) is 0 Å². The van der Waals surface area contributed by atoms with Gasteiger partial charge in [-0.1, -0.05) is 37.3 Å². The molecule has 2 saturated heterocycles. The van der Waals surface area contributed by atoms with E-state index in [0.717, 1.165) is 5.56 Å². The Labute approximate surface area is 106 Å². The van der Waals surface area contributed by atoms with Gasteiger partial charge in [0.15, 0.2) is 6.29 Å². The Bertz CT molecular complexity index is 394. The Morgan fingerprint density at radius 1 is 1.33 bits per heavy atom. The summed E-state index contributed by atoms with van der Waals surface area (Å²) in [6.07, 6.45) is -1.26. The van der Waals surface area contributed by atoms with E-state index in [0.29, 0.717) is 13.2 Å². The first-order valence-corrected chi connectivity index (χ1v) is 6.36. The first kappa shape index (κ1) is 12.1. The van der Waals surface area contributed by atoms with Gasteiger partial charge in [-0.3, -0.25) is 0 Å². The van der Waals surface area contributed by atoms with Crippen molar-refractivity contribution in [2.24, 2.45) is 5.92 Å². The summed E-state index contributed by atoms with van der Waals surface area (Å²) in [6.45, 7) is 2.92. The molecule has 0 spiro atoms. The maximum Gasteiger partial charge on any atom is 0.163 e. The molecule has 2 bridgehead atoms. The molecule has 1 aromatic rings. The van der Waals surface area contributed by atoms with E-state index in [1.807, 2.05) is 37.3 Å². The number of rotatable bonds is 3. The smallest absolute Gasteiger partial charge is 0.163 e. The van der Waals surface area contributed by atoms with Crippen LogP contribution in [0.4, 0.5) is 0 Å². The fourth-order valence-electron chi connectivity index (χ4n) is 2.54. The van der Waals surface area contributed by atoms with Crippen molar-refractivity contribution in [2.45, 2.75) is 38.1 Å². The van der Waals surface area contributed by atoms with Crippen LogP contribution in [0.15, 0.2) is 30.3 Å². The molecule has 4 heteroatoms. The molecule has 0 aromatic heterocycles. The Morgan fingerprint density at radius 3 is 2.89 bits per heavy atom. The predicted molar refractivity (Wildman–Crippen MR) is 64.8 cm³/mol. The minimum Gasteiger partial charge on any atom is -0.390 e. The Balaban J connectivity index is 1.65. The van der Waals surface area contributed by atoms with E-state index < -0.39 is 6.10 Å². The molecule has 2 fully saturated rings. The molecule has 2 aliphatic heterocycles. The summed E-state index contributed by atoms with van der Waals surface area (Å²) < 4.78 is 17.0. The third-order valence-electron chi connectivity index (χ3n) is 3.69. The van der Waals surface area contributed by atoms with Crippen LogP contribution in [-0.4, -0.2) is 36.3 Å². The maximum absolute atomic E-state index is 10.2. The first-order chi connectivity index (χ1) is 8.75. The lowest BCUT2D eigenvalue weighted by Crippen LogP contribution is -2.50. The molecule has 1 N–H and O–H groups in total. The summed E-state index contributed by atoms with van der Waals surface area (Å²) in [7, 11) is 0. The Hall–Kier alpha value is -0.940. The average molecular weight is 250 g/mol. The van der Waals surface area contributed by atoms with Crippen molar-refractivity contribution in [1.82, 2.24) is 0 Å². The van der Waals surface area contributed by atoms with Gasteiger partial charge in [-0.05, 0) is 5.56 Å². The molecule has 0 saturated carbocycles. The highest BCUT2D eigenvalue weighted by atomic mass is 16.7. The number of aliphatic hydroxyl groups is 1. The summed E-state index contributed by atoms with van der Waals surface area (Å²) in [5.41, 5.74) is 1.10. The molecule has 3 rings (SSSR count). The molecule has 0 radical (unpaired) electrons. The summed E-state index contributed by atoms with van der Waals surface area (Å²) in [4.78, 5) is 0. The van der Waals surface area contributed by atoms with E-state index in [-0.39, 0.29) is 24.4 Å². The summed E-state index contributed by atoms with van der Waals surface area (Å²) >= 11 is 0. The quantitative estimate of drug-likeness (QED) is 0.879. The van der Waals surface area contributed by atoms with Crippen LogP contribution >= 0.6 is 0 Å². The second-order valence-electron chi connectivity index (χ2n) is 4.99. The van der Waals surface area contributed by atoms with E-state index in [1.165, 1.54) is 0 Å². The van der Waals surface area contributed by atoms with Gasteiger partial charge in [-0.2, -0.15) is 0 Å². The largest absolute Gasteiger partial charge is 0.390 e. The van der Waals surface area contributed by atoms with Crippen LogP contribution in [0.5, 0.6) is 0 Å². The van der Waals surface area contributed by atoms with Gasteiger partial charge >= 0.3 is 0 Å². The molecule has 98 valence electrons. The molecule has 5 atom stereocenters. The molecule has 0 amide bonds. The van der Waals surface area contributed by atoms with E-state index in [9.17, 15) is 5.11 Å². The highest BCUT2D eigenvalue weighted by Crippen LogP contribution is 2.34. The van der Waals surface area contributed by atoms with Crippen LogP contribution in [0.25, 0.3) is 0 Å². The van der Waals surface area contributed by atoms with Gasteiger partial charge in [-0.25, -0.2) is 0 Å². The molecular formula is C14H18O4. The lowest BCUT2D eigenvalue weighted by molar-refractivity contribution is -0.214. The number of hydrogen-bond acceptors (Lipinski definition) is 4. The maximum atomic E-state index is 10.2. The van der Waals surface area contributed by atoms with Crippen molar-refractivity contribution < 1.29 is 19.3 Å². The number of fused-ring (bicyclic) bond motifs is 2. The summed E-state index contributed by atoms with van der Waals surface area (Å²) in [6, 6.07) is 9.94. The van der Waals surface area contributed by atoms with Gasteiger partial charge in [0.2, 0.25) is 0 Å². The van der Waals surface area contributed by atoms with Gasteiger partial charge in [0.25, 0.3) is 0 Å². The van der Waals surface area contributed by atoms with Crippen molar-refractivity contribution in [1.29, 1.82) is 0 Å². The second-order valence-corrected chi connectivity index (χ2v) is 4.99. The van der Waals surface area contributed by atoms with Crippen LogP contribution < -0.4 is 0 Å². The van der Waals surface area contributed by atoms with E-state index in [2.05, 4.69) is 0 Å². The number of hydrogen-bond donors (Lipinski definition) is 1. The molecule has 18 heavy (non-hydrogen) atoms.